The van der Waals surface area contributed by atoms with Gasteiger partial charge in [0, 0.05) is 11.6 Å². The predicted octanol–water partition coefficient (Wildman–Crippen LogP) is 7.19. The summed E-state index contributed by atoms with van der Waals surface area (Å²) in [6.45, 7) is 16.2. The van der Waals surface area contributed by atoms with E-state index in [9.17, 15) is 14.7 Å². The molecule has 0 saturated carbocycles. The Kier molecular flexibility index (Phi) is 13.6. The zero-order chi connectivity index (χ0) is 29.7. The molecule has 0 atom stereocenters. The van der Waals surface area contributed by atoms with Crippen LogP contribution in [0.2, 0.25) is 0 Å². The Balaban J connectivity index is 2.58. The molecule has 0 bridgehead atoms. The molecular formula is C33H46O7. The number of carbonyl (C=O) groups is 2. The van der Waals surface area contributed by atoms with Crippen LogP contribution >= 0.6 is 0 Å². The number of hydrogen-bond acceptors (Lipinski definition) is 6. The number of aliphatic carboxylic acids is 1. The van der Waals surface area contributed by atoms with Gasteiger partial charge in [-0.3, -0.25) is 4.79 Å². The second-order valence-electron chi connectivity index (χ2n) is 11.1. The maximum Gasteiger partial charge on any atom is 0.331 e. The van der Waals surface area contributed by atoms with Crippen LogP contribution in [0.25, 0.3) is 5.57 Å². The molecule has 0 aliphatic rings. The first-order valence-corrected chi connectivity index (χ1v) is 14.3. The highest BCUT2D eigenvalue weighted by Crippen LogP contribution is 2.35. The number of carbonyl (C=O) groups excluding carboxylic acids is 1. The Morgan fingerprint density at radius 2 is 1.35 bits per heavy atom. The summed E-state index contributed by atoms with van der Waals surface area (Å²) < 4.78 is 23.4. The van der Waals surface area contributed by atoms with Gasteiger partial charge in [0.1, 0.15) is 5.75 Å². The fourth-order valence-corrected chi connectivity index (χ4v) is 3.80. The van der Waals surface area contributed by atoms with Gasteiger partial charge in [0.15, 0.2) is 11.5 Å². The molecule has 0 aliphatic heterocycles. The van der Waals surface area contributed by atoms with Crippen LogP contribution in [0.15, 0.2) is 42.5 Å². The van der Waals surface area contributed by atoms with Crippen molar-refractivity contribution in [2.75, 3.05) is 26.4 Å². The van der Waals surface area contributed by atoms with Crippen LogP contribution in [0.3, 0.4) is 0 Å². The number of hydrogen-bond donors (Lipinski definition) is 1. The van der Waals surface area contributed by atoms with E-state index in [1.807, 2.05) is 38.1 Å². The van der Waals surface area contributed by atoms with Crippen molar-refractivity contribution in [2.24, 2.45) is 17.8 Å². The van der Waals surface area contributed by atoms with Gasteiger partial charge in [0.2, 0.25) is 0 Å². The number of ether oxygens (including phenoxy) is 4. The van der Waals surface area contributed by atoms with E-state index in [0.717, 1.165) is 18.4 Å². The number of esters is 1. The maximum absolute atomic E-state index is 12.6. The van der Waals surface area contributed by atoms with Gasteiger partial charge < -0.3 is 24.1 Å². The monoisotopic (exact) mass is 554 g/mol. The molecule has 0 spiro atoms. The fourth-order valence-electron chi connectivity index (χ4n) is 3.80. The standard InChI is InChI=1S/C33H46O7/c1-8-37-33(36)20-28(25-9-11-29(40-21-24(6)7)27(17-25)19-32(34)35)26-10-12-30(38-15-13-22(2)3)31(18-26)39-16-14-23(4)5/h9-12,17-18,20,22-24H,8,13-16,19,21H2,1-7H3,(H,34,35). The minimum atomic E-state index is -0.966. The van der Waals surface area contributed by atoms with Crippen LogP contribution in [-0.2, 0) is 20.7 Å². The van der Waals surface area contributed by atoms with Crippen molar-refractivity contribution >= 4 is 17.5 Å². The molecule has 40 heavy (non-hydrogen) atoms. The van der Waals surface area contributed by atoms with Crippen molar-refractivity contribution in [1.29, 1.82) is 0 Å². The Morgan fingerprint density at radius 3 is 1.90 bits per heavy atom. The van der Waals surface area contributed by atoms with Crippen molar-refractivity contribution in [2.45, 2.75) is 67.7 Å². The molecule has 220 valence electrons. The summed E-state index contributed by atoms with van der Waals surface area (Å²) in [7, 11) is 0. The lowest BCUT2D eigenvalue weighted by Crippen LogP contribution is -2.09. The summed E-state index contributed by atoms with van der Waals surface area (Å²) in [6, 6.07) is 11.0. The molecule has 0 aromatic heterocycles. The predicted molar refractivity (Wildman–Crippen MR) is 158 cm³/mol. The van der Waals surface area contributed by atoms with E-state index in [0.29, 0.717) is 65.6 Å². The average molecular weight is 555 g/mol. The van der Waals surface area contributed by atoms with Crippen LogP contribution in [0.1, 0.15) is 78.0 Å². The van der Waals surface area contributed by atoms with E-state index < -0.39 is 11.9 Å². The maximum atomic E-state index is 12.6. The molecule has 0 aliphatic carbocycles. The molecule has 0 heterocycles. The van der Waals surface area contributed by atoms with Crippen LogP contribution in [0, 0.1) is 17.8 Å². The molecule has 0 unspecified atom stereocenters. The zero-order valence-electron chi connectivity index (χ0n) is 25.1. The van der Waals surface area contributed by atoms with Gasteiger partial charge in [0.25, 0.3) is 0 Å². The summed E-state index contributed by atoms with van der Waals surface area (Å²) in [6.07, 6.45) is 3.03. The van der Waals surface area contributed by atoms with Gasteiger partial charge in [0.05, 0.1) is 32.8 Å². The molecule has 0 amide bonds. The third kappa shape index (κ3) is 11.3. The van der Waals surface area contributed by atoms with Crippen molar-refractivity contribution in [3.05, 3.63) is 59.2 Å². The van der Waals surface area contributed by atoms with E-state index in [1.165, 1.54) is 6.08 Å². The molecular weight excluding hydrogens is 508 g/mol. The minimum absolute atomic E-state index is 0.208. The molecule has 0 radical (unpaired) electrons. The number of rotatable bonds is 17. The molecule has 7 nitrogen and oxygen atoms in total. The van der Waals surface area contributed by atoms with Gasteiger partial charge in [-0.25, -0.2) is 4.79 Å². The Bertz CT molecular complexity index is 1130. The summed E-state index contributed by atoms with van der Waals surface area (Å²) in [5.41, 5.74) is 2.51. The first-order valence-electron chi connectivity index (χ1n) is 14.3. The normalized spacial score (nSPS) is 11.7. The topological polar surface area (TPSA) is 91.3 Å². The van der Waals surface area contributed by atoms with Gasteiger partial charge in [-0.05, 0) is 78.5 Å². The van der Waals surface area contributed by atoms with Crippen LogP contribution in [-0.4, -0.2) is 43.5 Å². The summed E-state index contributed by atoms with van der Waals surface area (Å²) in [5, 5.41) is 9.55. The molecule has 1 N–H and O–H groups in total. The summed E-state index contributed by atoms with van der Waals surface area (Å²) >= 11 is 0. The second-order valence-corrected chi connectivity index (χ2v) is 11.1. The van der Waals surface area contributed by atoms with Gasteiger partial charge in [-0.1, -0.05) is 53.7 Å². The minimum Gasteiger partial charge on any atom is -0.493 e. The van der Waals surface area contributed by atoms with Gasteiger partial charge >= 0.3 is 11.9 Å². The Morgan fingerprint density at radius 1 is 0.775 bits per heavy atom. The lowest BCUT2D eigenvalue weighted by atomic mass is 9.94. The van der Waals surface area contributed by atoms with E-state index in [1.54, 1.807) is 19.1 Å². The largest absolute Gasteiger partial charge is 0.493 e. The Labute approximate surface area is 239 Å². The number of benzene rings is 2. The molecule has 0 fully saturated rings. The SMILES string of the molecule is CCOC(=O)C=C(c1ccc(OCC(C)C)c(CC(=O)O)c1)c1ccc(OCCC(C)C)c(OCCC(C)C)c1. The van der Waals surface area contributed by atoms with E-state index in [4.69, 9.17) is 18.9 Å². The smallest absolute Gasteiger partial charge is 0.331 e. The lowest BCUT2D eigenvalue weighted by molar-refractivity contribution is -0.137. The molecule has 0 saturated heterocycles. The highest BCUT2D eigenvalue weighted by molar-refractivity contribution is 5.96. The number of carboxylic acid groups (broad SMARTS) is 1. The zero-order valence-corrected chi connectivity index (χ0v) is 25.1. The third-order valence-electron chi connectivity index (χ3n) is 5.99. The first kappa shape index (κ1) is 32.7. The quantitative estimate of drug-likeness (QED) is 0.163. The van der Waals surface area contributed by atoms with Crippen molar-refractivity contribution < 1.29 is 33.6 Å². The van der Waals surface area contributed by atoms with Crippen molar-refractivity contribution in [3.8, 4) is 17.2 Å². The molecule has 2 aromatic carbocycles. The first-order chi connectivity index (χ1) is 19.0. The van der Waals surface area contributed by atoms with Crippen LogP contribution < -0.4 is 14.2 Å². The molecule has 7 heteroatoms. The van der Waals surface area contributed by atoms with Crippen LogP contribution in [0.5, 0.6) is 17.2 Å². The Hall–Kier alpha value is -3.48. The highest BCUT2D eigenvalue weighted by Gasteiger charge is 2.17. The summed E-state index contributed by atoms with van der Waals surface area (Å²) in [4.78, 5) is 24.3. The van der Waals surface area contributed by atoms with Crippen molar-refractivity contribution in [3.63, 3.8) is 0 Å². The van der Waals surface area contributed by atoms with Crippen molar-refractivity contribution in [1.82, 2.24) is 0 Å². The van der Waals surface area contributed by atoms with Gasteiger partial charge in [-0.2, -0.15) is 0 Å². The lowest BCUT2D eigenvalue weighted by Gasteiger charge is -2.18. The van der Waals surface area contributed by atoms with E-state index >= 15 is 0 Å². The molecule has 2 aromatic rings. The average Bonchev–Trinajstić information content (AvgIpc) is 2.86. The third-order valence-corrected chi connectivity index (χ3v) is 5.99. The summed E-state index contributed by atoms with van der Waals surface area (Å²) in [5.74, 6) is 1.58. The van der Waals surface area contributed by atoms with Gasteiger partial charge in [-0.15, -0.1) is 0 Å². The fraction of sp³-hybridized carbons (Fsp3) is 0.515. The van der Waals surface area contributed by atoms with Crippen LogP contribution in [0.4, 0.5) is 0 Å². The highest BCUT2D eigenvalue weighted by atomic mass is 16.5. The van der Waals surface area contributed by atoms with E-state index in [2.05, 4.69) is 27.7 Å². The second kappa shape index (κ2) is 16.6. The number of carboxylic acids is 1. The van der Waals surface area contributed by atoms with E-state index in [-0.39, 0.29) is 18.9 Å². The molecule has 2 rings (SSSR count).